The molecular weight excluding hydrogens is 310 g/mol. The van der Waals surface area contributed by atoms with Crippen molar-refractivity contribution in [2.24, 2.45) is 0 Å². The number of rotatable bonds is 5. The van der Waals surface area contributed by atoms with Crippen LogP contribution in [0.5, 0.6) is 0 Å². The van der Waals surface area contributed by atoms with Gasteiger partial charge in [0, 0.05) is 43.7 Å². The van der Waals surface area contributed by atoms with Crippen LogP contribution in [0.3, 0.4) is 0 Å². The molecule has 3 heterocycles. The molecule has 0 aromatic carbocycles. The second-order valence-corrected chi connectivity index (χ2v) is 5.88. The molecule has 2 aromatic rings. The third kappa shape index (κ3) is 4.08. The third-order valence-corrected chi connectivity index (χ3v) is 3.98. The summed E-state index contributed by atoms with van der Waals surface area (Å²) >= 11 is 0. The molecule has 0 saturated carbocycles. The highest BCUT2D eigenvalue weighted by molar-refractivity contribution is 5.76. The SMILES string of the molecule is Cc1cc(=O)[nH]c([C@@H]2CN(C(=O)CCCn3ccnc3)CCO2)n1. The van der Waals surface area contributed by atoms with Gasteiger partial charge in [0.05, 0.1) is 19.5 Å². The lowest BCUT2D eigenvalue weighted by atomic mass is 10.2. The fourth-order valence-electron chi connectivity index (χ4n) is 2.79. The Morgan fingerprint density at radius 1 is 1.50 bits per heavy atom. The minimum absolute atomic E-state index is 0.0958. The number of hydrogen-bond acceptors (Lipinski definition) is 5. The number of nitrogens with one attached hydrogen (secondary N) is 1. The van der Waals surface area contributed by atoms with Crippen LogP contribution < -0.4 is 5.56 Å². The van der Waals surface area contributed by atoms with Crippen LogP contribution in [-0.2, 0) is 16.1 Å². The Morgan fingerprint density at radius 3 is 3.12 bits per heavy atom. The van der Waals surface area contributed by atoms with Gasteiger partial charge in [-0.15, -0.1) is 0 Å². The standard InChI is InChI=1S/C16H21N5O3/c1-12-9-14(22)19-16(18-12)13-10-21(7-8-24-13)15(23)3-2-5-20-6-4-17-11-20/h4,6,9,11,13H,2-3,5,7-8,10H2,1H3,(H,18,19,22)/t13-/m0/s1. The summed E-state index contributed by atoms with van der Waals surface area (Å²) in [4.78, 5) is 36.8. The molecule has 3 rings (SSSR count). The number of aryl methyl sites for hydroxylation is 2. The van der Waals surface area contributed by atoms with E-state index >= 15 is 0 Å². The molecule has 1 atom stereocenters. The Bertz CT molecular complexity index is 740. The van der Waals surface area contributed by atoms with Gasteiger partial charge in [0.2, 0.25) is 5.91 Å². The van der Waals surface area contributed by atoms with Crippen LogP contribution in [0, 0.1) is 6.92 Å². The zero-order valence-corrected chi connectivity index (χ0v) is 13.6. The van der Waals surface area contributed by atoms with E-state index in [4.69, 9.17) is 4.74 Å². The van der Waals surface area contributed by atoms with Gasteiger partial charge in [-0.3, -0.25) is 9.59 Å². The fourth-order valence-corrected chi connectivity index (χ4v) is 2.79. The van der Waals surface area contributed by atoms with E-state index in [1.54, 1.807) is 24.3 Å². The number of aromatic amines is 1. The molecule has 0 radical (unpaired) electrons. The highest BCUT2D eigenvalue weighted by Gasteiger charge is 2.26. The van der Waals surface area contributed by atoms with E-state index in [1.165, 1.54) is 6.07 Å². The zero-order valence-electron chi connectivity index (χ0n) is 13.6. The van der Waals surface area contributed by atoms with Gasteiger partial charge < -0.3 is 19.2 Å². The number of amides is 1. The number of hydrogen-bond donors (Lipinski definition) is 1. The van der Waals surface area contributed by atoms with Crippen molar-refractivity contribution in [1.29, 1.82) is 0 Å². The first-order valence-electron chi connectivity index (χ1n) is 8.05. The lowest BCUT2D eigenvalue weighted by molar-refractivity contribution is -0.139. The van der Waals surface area contributed by atoms with E-state index in [9.17, 15) is 9.59 Å². The Morgan fingerprint density at radius 2 is 2.38 bits per heavy atom. The lowest BCUT2D eigenvalue weighted by Crippen LogP contribution is -2.43. The molecule has 0 unspecified atom stereocenters. The highest BCUT2D eigenvalue weighted by Crippen LogP contribution is 2.19. The number of imidazole rings is 1. The van der Waals surface area contributed by atoms with Crippen molar-refractivity contribution in [3.63, 3.8) is 0 Å². The van der Waals surface area contributed by atoms with Crippen LogP contribution in [-0.4, -0.2) is 50.0 Å². The van der Waals surface area contributed by atoms with E-state index in [-0.39, 0.29) is 17.6 Å². The molecule has 1 aliphatic heterocycles. The van der Waals surface area contributed by atoms with Gasteiger partial charge in [0.15, 0.2) is 0 Å². The zero-order chi connectivity index (χ0) is 16.9. The summed E-state index contributed by atoms with van der Waals surface area (Å²) in [5, 5.41) is 0. The number of nitrogens with zero attached hydrogens (tertiary/aromatic N) is 4. The van der Waals surface area contributed by atoms with E-state index in [0.717, 1.165) is 13.0 Å². The molecule has 24 heavy (non-hydrogen) atoms. The minimum atomic E-state index is -0.385. The van der Waals surface area contributed by atoms with Crippen LogP contribution in [0.1, 0.15) is 30.5 Å². The monoisotopic (exact) mass is 331 g/mol. The molecule has 0 bridgehead atoms. The van der Waals surface area contributed by atoms with E-state index in [0.29, 0.717) is 37.6 Å². The van der Waals surface area contributed by atoms with Crippen molar-refractivity contribution >= 4 is 5.91 Å². The molecule has 1 saturated heterocycles. The average Bonchev–Trinajstić information content (AvgIpc) is 3.07. The van der Waals surface area contributed by atoms with E-state index < -0.39 is 0 Å². The molecule has 1 aliphatic rings. The van der Waals surface area contributed by atoms with Crippen molar-refractivity contribution < 1.29 is 9.53 Å². The smallest absolute Gasteiger partial charge is 0.251 e. The van der Waals surface area contributed by atoms with Gasteiger partial charge in [0.1, 0.15) is 11.9 Å². The predicted octanol–water partition coefficient (Wildman–Crippen LogP) is 0.655. The number of ether oxygens (including phenoxy) is 1. The van der Waals surface area contributed by atoms with Crippen molar-refractivity contribution in [2.75, 3.05) is 19.7 Å². The second-order valence-electron chi connectivity index (χ2n) is 5.88. The van der Waals surface area contributed by atoms with Crippen molar-refractivity contribution in [3.05, 3.63) is 46.7 Å². The Balaban J connectivity index is 1.56. The molecule has 2 aromatic heterocycles. The quantitative estimate of drug-likeness (QED) is 0.868. The molecule has 8 heteroatoms. The van der Waals surface area contributed by atoms with Crippen LogP contribution in [0.2, 0.25) is 0 Å². The Kier molecular flexibility index (Phi) is 5.05. The summed E-state index contributed by atoms with van der Waals surface area (Å²) in [6.07, 6.45) is 6.21. The van der Waals surface area contributed by atoms with Crippen LogP contribution in [0.15, 0.2) is 29.6 Å². The number of aromatic nitrogens is 4. The maximum Gasteiger partial charge on any atom is 0.251 e. The minimum Gasteiger partial charge on any atom is -0.367 e. The molecule has 128 valence electrons. The summed E-state index contributed by atoms with van der Waals surface area (Å²) in [6.45, 7) is 3.95. The summed E-state index contributed by atoms with van der Waals surface area (Å²) in [6, 6.07) is 1.44. The summed E-state index contributed by atoms with van der Waals surface area (Å²) in [7, 11) is 0. The van der Waals surface area contributed by atoms with Crippen molar-refractivity contribution in [1.82, 2.24) is 24.4 Å². The average molecular weight is 331 g/mol. The van der Waals surface area contributed by atoms with Gasteiger partial charge in [-0.05, 0) is 13.3 Å². The number of carbonyl (C=O) groups excluding carboxylic acids is 1. The highest BCUT2D eigenvalue weighted by atomic mass is 16.5. The van der Waals surface area contributed by atoms with E-state index in [1.807, 2.05) is 10.8 Å². The topological polar surface area (TPSA) is 93.1 Å². The number of carbonyl (C=O) groups is 1. The predicted molar refractivity (Wildman–Crippen MR) is 86.3 cm³/mol. The van der Waals surface area contributed by atoms with Gasteiger partial charge in [0.25, 0.3) is 5.56 Å². The van der Waals surface area contributed by atoms with Crippen molar-refractivity contribution in [2.45, 2.75) is 32.4 Å². The molecule has 1 fully saturated rings. The van der Waals surface area contributed by atoms with Crippen molar-refractivity contribution in [3.8, 4) is 0 Å². The second kappa shape index (κ2) is 7.39. The largest absolute Gasteiger partial charge is 0.367 e. The summed E-state index contributed by atoms with van der Waals surface area (Å²) in [5.41, 5.74) is 0.436. The fraction of sp³-hybridized carbons (Fsp3) is 0.500. The van der Waals surface area contributed by atoms with Gasteiger partial charge in [-0.25, -0.2) is 9.97 Å². The van der Waals surface area contributed by atoms with Gasteiger partial charge >= 0.3 is 0 Å². The molecule has 1 N–H and O–H groups in total. The van der Waals surface area contributed by atoms with Crippen LogP contribution in [0.25, 0.3) is 0 Å². The Hall–Kier alpha value is -2.48. The molecule has 0 spiro atoms. The van der Waals surface area contributed by atoms with Gasteiger partial charge in [-0.2, -0.15) is 0 Å². The lowest BCUT2D eigenvalue weighted by Gasteiger charge is -2.32. The first-order chi connectivity index (χ1) is 11.6. The number of H-pyrrole nitrogens is 1. The molecule has 8 nitrogen and oxygen atoms in total. The third-order valence-electron chi connectivity index (χ3n) is 3.98. The summed E-state index contributed by atoms with van der Waals surface area (Å²) in [5.74, 6) is 0.578. The maximum atomic E-state index is 12.4. The Labute approximate surface area is 139 Å². The normalized spacial score (nSPS) is 17.9. The first kappa shape index (κ1) is 16.4. The number of morpholine rings is 1. The molecule has 0 aliphatic carbocycles. The van der Waals surface area contributed by atoms with Crippen LogP contribution in [0.4, 0.5) is 0 Å². The van der Waals surface area contributed by atoms with Crippen LogP contribution >= 0.6 is 0 Å². The van der Waals surface area contributed by atoms with E-state index in [2.05, 4.69) is 15.0 Å². The summed E-state index contributed by atoms with van der Waals surface area (Å²) < 4.78 is 7.63. The molecule has 1 amide bonds. The van der Waals surface area contributed by atoms with Gasteiger partial charge in [-0.1, -0.05) is 0 Å². The first-order valence-corrected chi connectivity index (χ1v) is 8.05. The molecular formula is C16H21N5O3. The maximum absolute atomic E-state index is 12.4.